The summed E-state index contributed by atoms with van der Waals surface area (Å²) in [6.45, 7) is 1.88. The lowest BCUT2D eigenvalue weighted by Gasteiger charge is -2.29. The molecule has 2 aromatic carbocycles. The molecule has 1 atom stereocenters. The van der Waals surface area contributed by atoms with Crippen LogP contribution in [0, 0.1) is 6.92 Å². The fourth-order valence-corrected chi connectivity index (χ4v) is 4.78. The summed E-state index contributed by atoms with van der Waals surface area (Å²) >= 11 is 0. The van der Waals surface area contributed by atoms with Gasteiger partial charge in [-0.05, 0) is 67.5 Å². The molecule has 0 amide bonds. The number of carbonyl (C=O) groups excluding carboxylic acids is 1. The second-order valence-corrected chi connectivity index (χ2v) is 8.54. The topological polar surface area (TPSA) is 59.8 Å². The van der Waals surface area contributed by atoms with Gasteiger partial charge in [0.05, 0.1) is 17.4 Å². The lowest BCUT2D eigenvalue weighted by Crippen LogP contribution is -2.23. The molecule has 0 saturated heterocycles. The highest BCUT2D eigenvalue weighted by Crippen LogP contribution is 2.44. The molecule has 0 spiro atoms. The van der Waals surface area contributed by atoms with Crippen molar-refractivity contribution in [2.75, 3.05) is 19.0 Å². The van der Waals surface area contributed by atoms with Crippen LogP contribution in [-0.4, -0.2) is 19.9 Å². The van der Waals surface area contributed by atoms with Crippen molar-refractivity contribution in [3.8, 4) is 5.75 Å². The van der Waals surface area contributed by atoms with Crippen LogP contribution in [0.1, 0.15) is 58.0 Å². The van der Waals surface area contributed by atoms with Crippen molar-refractivity contribution in [1.29, 1.82) is 0 Å². The van der Waals surface area contributed by atoms with Gasteiger partial charge >= 0.3 is 5.63 Å². The summed E-state index contributed by atoms with van der Waals surface area (Å²) in [6, 6.07) is 9.93. The molecule has 5 rings (SSSR count). The van der Waals surface area contributed by atoms with Gasteiger partial charge in [-0.15, -0.1) is 0 Å². The van der Waals surface area contributed by atoms with Crippen LogP contribution in [0.15, 0.2) is 39.5 Å². The third-order valence-corrected chi connectivity index (χ3v) is 6.35. The number of nitrogens with zero attached hydrogens (tertiary/aromatic N) is 1. The Balaban J connectivity index is 1.68. The van der Waals surface area contributed by atoms with Gasteiger partial charge in [0.2, 0.25) is 0 Å². The Morgan fingerprint density at radius 2 is 1.70 bits per heavy atom. The summed E-state index contributed by atoms with van der Waals surface area (Å²) in [7, 11) is 4.00. The molecule has 2 heterocycles. The van der Waals surface area contributed by atoms with E-state index in [0.29, 0.717) is 23.3 Å². The molecule has 0 bridgehead atoms. The van der Waals surface area contributed by atoms with Gasteiger partial charge in [0, 0.05) is 25.3 Å². The van der Waals surface area contributed by atoms with Gasteiger partial charge < -0.3 is 14.1 Å². The fourth-order valence-electron chi connectivity index (χ4n) is 4.78. The van der Waals surface area contributed by atoms with Crippen molar-refractivity contribution in [2.45, 2.75) is 45.1 Å². The minimum atomic E-state index is -0.350. The number of hydrogen-bond donors (Lipinski definition) is 0. The van der Waals surface area contributed by atoms with Crippen molar-refractivity contribution in [3.63, 3.8) is 0 Å². The van der Waals surface area contributed by atoms with E-state index in [1.54, 1.807) is 0 Å². The molecule has 0 N–H and O–H groups in total. The molecule has 0 saturated carbocycles. The van der Waals surface area contributed by atoms with Crippen LogP contribution < -0.4 is 15.3 Å². The van der Waals surface area contributed by atoms with E-state index in [4.69, 9.17) is 9.15 Å². The second-order valence-electron chi connectivity index (χ2n) is 8.54. The van der Waals surface area contributed by atoms with E-state index in [-0.39, 0.29) is 17.5 Å². The predicted molar refractivity (Wildman–Crippen MR) is 117 cm³/mol. The van der Waals surface area contributed by atoms with Crippen molar-refractivity contribution >= 4 is 22.4 Å². The zero-order valence-corrected chi connectivity index (χ0v) is 17.6. The second kappa shape index (κ2) is 7.01. The monoisotopic (exact) mass is 403 g/mol. The first-order chi connectivity index (χ1) is 14.4. The molecule has 1 aliphatic carbocycles. The first-order valence-corrected chi connectivity index (χ1v) is 10.5. The van der Waals surface area contributed by atoms with E-state index in [1.165, 1.54) is 0 Å². The minimum Gasteiger partial charge on any atom is -0.484 e. The number of benzene rings is 2. The van der Waals surface area contributed by atoms with Crippen molar-refractivity contribution in [3.05, 3.63) is 68.6 Å². The largest absolute Gasteiger partial charge is 0.484 e. The molecular formula is C25H25NO4. The maximum Gasteiger partial charge on any atom is 0.339 e. The fraction of sp³-hybridized carbons (Fsp3) is 0.360. The van der Waals surface area contributed by atoms with Gasteiger partial charge in [0.1, 0.15) is 17.4 Å². The van der Waals surface area contributed by atoms with E-state index in [2.05, 4.69) is 0 Å². The Kier molecular flexibility index (Phi) is 4.42. The van der Waals surface area contributed by atoms with E-state index in [9.17, 15) is 9.59 Å². The van der Waals surface area contributed by atoms with Crippen LogP contribution >= 0.6 is 0 Å². The highest BCUT2D eigenvalue weighted by atomic mass is 16.5. The van der Waals surface area contributed by atoms with E-state index in [1.807, 2.05) is 56.3 Å². The van der Waals surface area contributed by atoms with Gasteiger partial charge in [0.25, 0.3) is 0 Å². The standard InChI is InChI=1S/C25H25NO4/c1-14-12-21-23(17-6-4-5-7-18(17)25(28)30-21)24-22(14)19(27)13-20(29-24)15-8-10-16(11-9-15)26(2)3/h8-12,20H,4-7,13H2,1-3H3. The predicted octanol–water partition coefficient (Wildman–Crippen LogP) is 4.75. The number of ether oxygens (including phenoxy) is 1. The Hall–Kier alpha value is -3.08. The number of ketones is 1. The highest BCUT2D eigenvalue weighted by molar-refractivity contribution is 6.07. The van der Waals surface area contributed by atoms with Crippen molar-refractivity contribution < 1.29 is 13.9 Å². The van der Waals surface area contributed by atoms with Crippen molar-refractivity contribution in [2.24, 2.45) is 0 Å². The normalized spacial score (nSPS) is 18.0. The van der Waals surface area contributed by atoms with Crippen LogP contribution in [0.4, 0.5) is 5.69 Å². The average molecular weight is 403 g/mol. The maximum atomic E-state index is 13.2. The molecule has 30 heavy (non-hydrogen) atoms. The van der Waals surface area contributed by atoms with Crippen LogP contribution in [0.25, 0.3) is 11.0 Å². The summed E-state index contributed by atoms with van der Waals surface area (Å²) in [5.74, 6) is 0.665. The SMILES string of the molecule is Cc1cc2oc(=O)c3c(c2c2c1C(=O)CC(c1ccc(N(C)C)cc1)O2)CCCC3. The molecule has 0 fully saturated rings. The summed E-state index contributed by atoms with van der Waals surface area (Å²) in [5.41, 5.74) is 5.50. The van der Waals surface area contributed by atoms with Gasteiger partial charge in [0.15, 0.2) is 5.78 Å². The lowest BCUT2D eigenvalue weighted by atomic mass is 9.86. The molecule has 2 aliphatic rings. The van der Waals surface area contributed by atoms with E-state index < -0.39 is 0 Å². The number of Topliss-reactive ketones (excluding diaryl/α,β-unsaturated/α-hetero) is 1. The first kappa shape index (κ1) is 18.9. The Morgan fingerprint density at radius 3 is 2.40 bits per heavy atom. The van der Waals surface area contributed by atoms with Crippen LogP contribution in [0.2, 0.25) is 0 Å². The Morgan fingerprint density at radius 1 is 1.00 bits per heavy atom. The van der Waals surface area contributed by atoms with Gasteiger partial charge in [-0.2, -0.15) is 0 Å². The number of anilines is 1. The number of fused-ring (bicyclic) bond motifs is 5. The molecule has 1 aliphatic heterocycles. The third kappa shape index (κ3) is 2.92. The van der Waals surface area contributed by atoms with Gasteiger partial charge in [-0.25, -0.2) is 4.79 Å². The molecule has 3 aromatic rings. The van der Waals surface area contributed by atoms with Gasteiger partial charge in [-0.3, -0.25) is 4.79 Å². The summed E-state index contributed by atoms with van der Waals surface area (Å²) in [6.07, 6.45) is 3.50. The van der Waals surface area contributed by atoms with Crippen molar-refractivity contribution in [1.82, 2.24) is 0 Å². The number of rotatable bonds is 2. The minimum absolute atomic E-state index is 0.0769. The van der Waals surface area contributed by atoms with Crippen LogP contribution in [0.5, 0.6) is 5.75 Å². The first-order valence-electron chi connectivity index (χ1n) is 10.5. The van der Waals surface area contributed by atoms with E-state index >= 15 is 0 Å². The van der Waals surface area contributed by atoms with E-state index in [0.717, 1.165) is 59.0 Å². The number of carbonyl (C=O) groups is 1. The average Bonchev–Trinajstić information content (AvgIpc) is 2.73. The summed E-state index contributed by atoms with van der Waals surface area (Å²) < 4.78 is 12.2. The highest BCUT2D eigenvalue weighted by Gasteiger charge is 2.33. The summed E-state index contributed by atoms with van der Waals surface area (Å²) in [5, 5.41) is 0.813. The Bertz CT molecular complexity index is 1220. The third-order valence-electron chi connectivity index (χ3n) is 6.35. The molecule has 5 nitrogen and oxygen atoms in total. The molecule has 1 unspecified atom stereocenters. The quantitative estimate of drug-likeness (QED) is 0.578. The smallest absolute Gasteiger partial charge is 0.339 e. The van der Waals surface area contributed by atoms with Gasteiger partial charge in [-0.1, -0.05) is 12.1 Å². The molecule has 5 heteroatoms. The molecule has 1 aromatic heterocycles. The number of hydrogen-bond acceptors (Lipinski definition) is 5. The zero-order chi connectivity index (χ0) is 21.0. The molecular weight excluding hydrogens is 378 g/mol. The van der Waals surface area contributed by atoms with Crippen LogP contribution in [-0.2, 0) is 12.8 Å². The van der Waals surface area contributed by atoms with Crippen LogP contribution in [0.3, 0.4) is 0 Å². The maximum absolute atomic E-state index is 13.2. The zero-order valence-electron chi connectivity index (χ0n) is 17.6. The Labute approximate surface area is 175 Å². The number of aryl methyl sites for hydroxylation is 2. The summed E-state index contributed by atoms with van der Waals surface area (Å²) in [4.78, 5) is 27.7. The molecule has 154 valence electrons. The molecule has 0 radical (unpaired) electrons. The lowest BCUT2D eigenvalue weighted by molar-refractivity contribution is 0.0852.